The molecule has 0 aliphatic carbocycles. The van der Waals surface area contributed by atoms with E-state index in [0.717, 1.165) is 0 Å². The van der Waals surface area contributed by atoms with Gasteiger partial charge in [-0.25, -0.2) is 4.98 Å². The van der Waals surface area contributed by atoms with E-state index in [1.807, 2.05) is 6.92 Å². The first kappa shape index (κ1) is 23.6. The van der Waals surface area contributed by atoms with Crippen molar-refractivity contribution in [2.45, 2.75) is 38.8 Å². The van der Waals surface area contributed by atoms with E-state index in [2.05, 4.69) is 4.98 Å². The molecule has 0 atom stereocenters. The largest absolute Gasteiger partial charge is 0.389 e. The summed E-state index contributed by atoms with van der Waals surface area (Å²) in [6.07, 6.45) is -1.17. The molecule has 2 aromatic heterocycles. The first-order chi connectivity index (χ1) is 14.7. The highest BCUT2D eigenvalue weighted by molar-refractivity contribution is 6.36. The molecule has 0 fully saturated rings. The molecule has 2 heterocycles. The van der Waals surface area contributed by atoms with Crippen molar-refractivity contribution in [3.63, 3.8) is 0 Å². The minimum absolute atomic E-state index is 0.0902. The summed E-state index contributed by atoms with van der Waals surface area (Å²) in [5.74, 6) is 0.655. The standard InChI is InChI=1S/C21H22Cl2F4N4/c1-2-17-20(30(11-4-8-24)10-3-7-21(25,26)27)31-12-9-28-18(19(31)29-17)15-6-5-14(22)13-16(15)23/h5-6,9,12-13H,2-4,7-8,10-11H2,1H3. The number of alkyl halides is 4. The van der Waals surface area contributed by atoms with Crippen molar-refractivity contribution < 1.29 is 17.6 Å². The summed E-state index contributed by atoms with van der Waals surface area (Å²) in [5, 5.41) is 0.899. The van der Waals surface area contributed by atoms with Gasteiger partial charge >= 0.3 is 6.18 Å². The Bertz CT molecular complexity index is 1040. The fraction of sp³-hybridized carbons (Fsp3) is 0.429. The number of anilines is 1. The Morgan fingerprint density at radius 2 is 1.87 bits per heavy atom. The molecule has 0 aliphatic heterocycles. The van der Waals surface area contributed by atoms with Gasteiger partial charge < -0.3 is 4.90 Å². The molecule has 3 aromatic rings. The molecule has 168 valence electrons. The monoisotopic (exact) mass is 476 g/mol. The second kappa shape index (κ2) is 10.0. The van der Waals surface area contributed by atoms with Crippen molar-refractivity contribution >= 4 is 34.7 Å². The molecule has 0 radical (unpaired) electrons. The van der Waals surface area contributed by atoms with Gasteiger partial charge in [0.15, 0.2) is 5.65 Å². The van der Waals surface area contributed by atoms with Gasteiger partial charge in [-0.3, -0.25) is 13.8 Å². The van der Waals surface area contributed by atoms with E-state index in [9.17, 15) is 17.6 Å². The predicted molar refractivity (Wildman–Crippen MR) is 116 cm³/mol. The van der Waals surface area contributed by atoms with Gasteiger partial charge in [0, 0.05) is 42.5 Å². The normalized spacial score (nSPS) is 12.0. The number of hydrogen-bond acceptors (Lipinski definition) is 3. The number of halogens is 6. The van der Waals surface area contributed by atoms with Crippen molar-refractivity contribution in [3.8, 4) is 11.3 Å². The van der Waals surface area contributed by atoms with Crippen LogP contribution in [-0.4, -0.2) is 40.3 Å². The average Bonchev–Trinajstić information content (AvgIpc) is 3.08. The lowest BCUT2D eigenvalue weighted by Crippen LogP contribution is -2.29. The Morgan fingerprint density at radius 1 is 1.13 bits per heavy atom. The van der Waals surface area contributed by atoms with Crippen LogP contribution >= 0.6 is 23.2 Å². The number of aromatic nitrogens is 3. The lowest BCUT2D eigenvalue weighted by atomic mass is 10.1. The van der Waals surface area contributed by atoms with Crippen molar-refractivity contribution in [2.24, 2.45) is 0 Å². The molecule has 10 heteroatoms. The number of nitrogens with zero attached hydrogens (tertiary/aromatic N) is 4. The molecule has 4 nitrogen and oxygen atoms in total. The van der Waals surface area contributed by atoms with Crippen LogP contribution in [0.3, 0.4) is 0 Å². The van der Waals surface area contributed by atoms with Crippen LogP contribution < -0.4 is 4.90 Å². The van der Waals surface area contributed by atoms with Crippen molar-refractivity contribution in [2.75, 3.05) is 24.7 Å². The minimum atomic E-state index is -4.23. The maximum Gasteiger partial charge on any atom is 0.389 e. The number of rotatable bonds is 9. The maximum atomic E-state index is 12.9. The van der Waals surface area contributed by atoms with E-state index >= 15 is 0 Å². The number of fused-ring (bicyclic) bond motifs is 1. The maximum absolute atomic E-state index is 12.9. The first-order valence-electron chi connectivity index (χ1n) is 9.94. The van der Waals surface area contributed by atoms with Crippen LogP contribution in [0.5, 0.6) is 0 Å². The zero-order valence-corrected chi connectivity index (χ0v) is 18.4. The Hall–Kier alpha value is -2.06. The highest BCUT2D eigenvalue weighted by atomic mass is 35.5. The zero-order valence-electron chi connectivity index (χ0n) is 16.9. The van der Waals surface area contributed by atoms with Crippen molar-refractivity contribution in [1.29, 1.82) is 0 Å². The third-order valence-corrected chi connectivity index (χ3v) is 5.40. The lowest BCUT2D eigenvalue weighted by molar-refractivity contribution is -0.135. The van der Waals surface area contributed by atoms with Gasteiger partial charge in [-0.2, -0.15) is 13.2 Å². The fourth-order valence-electron chi connectivity index (χ4n) is 3.50. The Labute approximate surface area is 187 Å². The molecule has 0 saturated carbocycles. The summed E-state index contributed by atoms with van der Waals surface area (Å²) in [6.45, 7) is 1.78. The van der Waals surface area contributed by atoms with E-state index < -0.39 is 19.3 Å². The molecule has 0 N–H and O–H groups in total. The zero-order chi connectivity index (χ0) is 22.6. The molecular weight excluding hydrogens is 455 g/mol. The van der Waals surface area contributed by atoms with Crippen LogP contribution in [0.15, 0.2) is 30.6 Å². The van der Waals surface area contributed by atoms with Gasteiger partial charge in [0.25, 0.3) is 0 Å². The molecule has 1 aromatic carbocycles. The SMILES string of the molecule is CCc1nc2c(-c3ccc(Cl)cc3Cl)nccn2c1N(CCCF)CCCC(F)(F)F. The summed E-state index contributed by atoms with van der Waals surface area (Å²) in [4.78, 5) is 10.9. The molecule has 3 rings (SSSR count). The molecule has 0 saturated heterocycles. The molecule has 31 heavy (non-hydrogen) atoms. The van der Waals surface area contributed by atoms with E-state index in [4.69, 9.17) is 28.2 Å². The first-order valence-corrected chi connectivity index (χ1v) is 10.7. The summed E-state index contributed by atoms with van der Waals surface area (Å²) in [7, 11) is 0. The third-order valence-electron chi connectivity index (χ3n) is 4.86. The number of aryl methyl sites for hydroxylation is 1. The quantitative estimate of drug-likeness (QED) is 0.319. The number of hydrogen-bond donors (Lipinski definition) is 0. The van der Waals surface area contributed by atoms with Crippen LogP contribution in [-0.2, 0) is 6.42 Å². The van der Waals surface area contributed by atoms with Crippen molar-refractivity contribution in [1.82, 2.24) is 14.4 Å². The molecule has 0 bridgehead atoms. The topological polar surface area (TPSA) is 33.4 Å². The van der Waals surface area contributed by atoms with Crippen molar-refractivity contribution in [3.05, 3.63) is 46.3 Å². The van der Waals surface area contributed by atoms with Crippen LogP contribution in [0.2, 0.25) is 10.0 Å². The van der Waals surface area contributed by atoms with E-state index in [1.165, 1.54) is 0 Å². The summed E-state index contributed by atoms with van der Waals surface area (Å²) >= 11 is 12.4. The van der Waals surface area contributed by atoms with Gasteiger partial charge in [-0.05, 0) is 37.5 Å². The summed E-state index contributed by atoms with van der Waals surface area (Å²) < 4.78 is 52.7. The summed E-state index contributed by atoms with van der Waals surface area (Å²) in [5.41, 5.74) is 2.40. The lowest BCUT2D eigenvalue weighted by Gasteiger charge is -2.25. The highest BCUT2D eigenvalue weighted by Gasteiger charge is 2.27. The molecule has 0 amide bonds. The smallest absolute Gasteiger partial charge is 0.356 e. The van der Waals surface area contributed by atoms with Crippen LogP contribution in [0.25, 0.3) is 16.9 Å². The third kappa shape index (κ3) is 5.60. The van der Waals surface area contributed by atoms with Gasteiger partial charge in [-0.1, -0.05) is 30.1 Å². The number of benzene rings is 1. The van der Waals surface area contributed by atoms with Crippen LogP contribution in [0.4, 0.5) is 23.4 Å². The summed E-state index contributed by atoms with van der Waals surface area (Å²) in [6, 6.07) is 5.05. The van der Waals surface area contributed by atoms with E-state index in [1.54, 1.807) is 39.9 Å². The van der Waals surface area contributed by atoms with E-state index in [0.29, 0.717) is 44.9 Å². The molecule has 0 unspecified atom stereocenters. The Kier molecular flexibility index (Phi) is 7.64. The Morgan fingerprint density at radius 3 is 2.52 bits per heavy atom. The minimum Gasteiger partial charge on any atom is -0.356 e. The van der Waals surface area contributed by atoms with Gasteiger partial charge in [0.2, 0.25) is 0 Å². The van der Waals surface area contributed by atoms with E-state index in [-0.39, 0.29) is 25.9 Å². The van der Waals surface area contributed by atoms with Crippen LogP contribution in [0.1, 0.15) is 31.9 Å². The molecule has 0 aliphatic rings. The fourth-order valence-corrected chi connectivity index (χ4v) is 4.00. The number of imidazole rings is 1. The van der Waals surface area contributed by atoms with Gasteiger partial charge in [-0.15, -0.1) is 0 Å². The van der Waals surface area contributed by atoms with Crippen LogP contribution in [0, 0.1) is 0 Å². The molecular formula is C21H22Cl2F4N4. The molecule has 0 spiro atoms. The Balaban J connectivity index is 2.07. The van der Waals surface area contributed by atoms with Gasteiger partial charge in [0.05, 0.1) is 17.4 Å². The second-order valence-corrected chi connectivity index (χ2v) is 7.92. The highest BCUT2D eigenvalue weighted by Crippen LogP contribution is 2.34. The predicted octanol–water partition coefficient (Wildman–Crippen LogP) is 6.77. The average molecular weight is 477 g/mol. The second-order valence-electron chi connectivity index (χ2n) is 7.08. The van der Waals surface area contributed by atoms with Gasteiger partial charge in [0.1, 0.15) is 11.5 Å².